The number of aryl methyl sites for hydroxylation is 1. The third-order valence-corrected chi connectivity index (χ3v) is 5.33. The Bertz CT molecular complexity index is 830. The van der Waals surface area contributed by atoms with E-state index in [0.29, 0.717) is 0 Å². The number of ether oxygens (including phenoxy) is 2. The molecule has 1 unspecified atom stereocenters. The molecule has 0 aliphatic heterocycles. The molecule has 5 heteroatoms. The molecule has 0 bridgehead atoms. The van der Waals surface area contributed by atoms with E-state index < -0.39 is 0 Å². The van der Waals surface area contributed by atoms with Crippen molar-refractivity contribution in [1.29, 1.82) is 0 Å². The van der Waals surface area contributed by atoms with Crippen molar-refractivity contribution >= 4 is 16.5 Å². The summed E-state index contributed by atoms with van der Waals surface area (Å²) < 4.78 is 10.7. The van der Waals surface area contributed by atoms with Crippen LogP contribution in [0.3, 0.4) is 0 Å². The van der Waals surface area contributed by atoms with Gasteiger partial charge in [-0.2, -0.15) is 0 Å². The van der Waals surface area contributed by atoms with E-state index in [0.717, 1.165) is 41.6 Å². The Morgan fingerprint density at radius 2 is 1.81 bits per heavy atom. The van der Waals surface area contributed by atoms with Crippen molar-refractivity contribution in [1.82, 2.24) is 0 Å². The summed E-state index contributed by atoms with van der Waals surface area (Å²) >= 11 is 1.55. The first-order chi connectivity index (χ1) is 12.7. The normalized spacial score (nSPS) is 11.9. The van der Waals surface area contributed by atoms with Gasteiger partial charge in [0.2, 0.25) is 0 Å². The molecule has 1 aromatic heterocycles. The number of nitrogens with two attached hydrogens (primary N) is 1. The molecule has 0 radical (unpaired) electrons. The molecule has 0 saturated heterocycles. The first-order valence-electron chi connectivity index (χ1n) is 8.73. The highest BCUT2D eigenvalue weighted by Crippen LogP contribution is 2.31. The summed E-state index contributed by atoms with van der Waals surface area (Å²) in [5.41, 5.74) is 9.60. The average Bonchev–Trinajstić information content (AvgIpc) is 3.11. The number of hydrogen-bond donors (Lipinski definition) is 1. The fraction of sp³-hybridized carbons (Fsp3) is 0.286. The van der Waals surface area contributed by atoms with Crippen LogP contribution in [0, 0.1) is 0 Å². The maximum absolute atomic E-state index is 5.92. The molecule has 1 heterocycles. The number of aromatic amines is 1. The molecular weight excluding hydrogens is 344 g/mol. The molecule has 26 heavy (non-hydrogen) atoms. The van der Waals surface area contributed by atoms with Crippen molar-refractivity contribution in [2.45, 2.75) is 25.2 Å². The molecule has 0 saturated carbocycles. The van der Waals surface area contributed by atoms with Crippen molar-refractivity contribution in [3.05, 3.63) is 70.7 Å². The zero-order valence-corrected chi connectivity index (χ0v) is 16.0. The quantitative estimate of drug-likeness (QED) is 0.643. The predicted octanol–water partition coefficient (Wildman–Crippen LogP) is 4.32. The summed E-state index contributed by atoms with van der Waals surface area (Å²) in [5.74, 6) is 2.11. The maximum Gasteiger partial charge on any atom is 0.329 e. The Hall–Kier alpha value is -2.53. The molecule has 2 aromatic carbocycles. The topological polar surface area (TPSA) is 58.6 Å². The lowest BCUT2D eigenvalue weighted by molar-refractivity contribution is -0.368. The second-order valence-electron chi connectivity index (χ2n) is 6.21. The number of H-pyrrole nitrogens is 1. The molecule has 3 rings (SSSR count). The molecule has 4 nitrogen and oxygen atoms in total. The highest BCUT2D eigenvalue weighted by Gasteiger charge is 2.20. The second kappa shape index (κ2) is 8.72. The summed E-state index contributed by atoms with van der Waals surface area (Å²) in [6.07, 6.45) is 3.06. The maximum atomic E-state index is 5.92. The Morgan fingerprint density at radius 3 is 2.46 bits per heavy atom. The molecule has 0 spiro atoms. The van der Waals surface area contributed by atoms with E-state index in [4.69, 9.17) is 15.2 Å². The van der Waals surface area contributed by atoms with Gasteiger partial charge in [-0.3, -0.25) is 5.73 Å². The fourth-order valence-corrected chi connectivity index (χ4v) is 3.90. The number of methoxy groups -OCH3 is 2. The minimum Gasteiger partial charge on any atom is -0.497 e. The monoisotopic (exact) mass is 369 g/mol. The lowest BCUT2D eigenvalue weighted by atomic mass is 9.90. The minimum absolute atomic E-state index is 0.282. The number of aromatic nitrogens is 1. The van der Waals surface area contributed by atoms with Gasteiger partial charge in [0.15, 0.2) is 0 Å². The molecule has 0 amide bonds. The van der Waals surface area contributed by atoms with Gasteiger partial charge < -0.3 is 9.47 Å². The van der Waals surface area contributed by atoms with Crippen LogP contribution in [0.1, 0.15) is 35.6 Å². The van der Waals surface area contributed by atoms with Crippen LogP contribution in [-0.2, 0) is 6.42 Å². The van der Waals surface area contributed by atoms with Gasteiger partial charge in [0, 0.05) is 11.3 Å². The minimum atomic E-state index is 0.282. The zero-order valence-electron chi connectivity index (χ0n) is 15.2. The van der Waals surface area contributed by atoms with Gasteiger partial charge in [-0.15, -0.1) is 0 Å². The van der Waals surface area contributed by atoms with Gasteiger partial charge in [-0.05, 0) is 48.6 Å². The van der Waals surface area contributed by atoms with Gasteiger partial charge in [0.25, 0.3) is 0 Å². The molecule has 0 aliphatic rings. The van der Waals surface area contributed by atoms with Gasteiger partial charge in [-0.25, -0.2) is 4.98 Å². The smallest absolute Gasteiger partial charge is 0.329 e. The Kier molecular flexibility index (Phi) is 6.12. The number of anilines is 1. The van der Waals surface area contributed by atoms with Gasteiger partial charge in [-0.1, -0.05) is 41.7 Å². The summed E-state index contributed by atoms with van der Waals surface area (Å²) in [7, 11) is 3.41. The van der Waals surface area contributed by atoms with Crippen LogP contribution in [0.5, 0.6) is 11.5 Å². The third kappa shape index (κ3) is 4.35. The Labute approximate surface area is 158 Å². The van der Waals surface area contributed by atoms with Gasteiger partial charge in [0.05, 0.1) is 14.2 Å². The van der Waals surface area contributed by atoms with E-state index in [-0.39, 0.29) is 5.92 Å². The number of nitrogens with one attached hydrogen (secondary N) is 1. The highest BCUT2D eigenvalue weighted by atomic mass is 32.1. The lowest BCUT2D eigenvalue weighted by Crippen LogP contribution is -2.15. The van der Waals surface area contributed by atoms with Crippen LogP contribution in [0.25, 0.3) is 0 Å². The summed E-state index contributed by atoms with van der Waals surface area (Å²) in [6, 6.07) is 16.5. The van der Waals surface area contributed by atoms with Crippen molar-refractivity contribution in [2.75, 3.05) is 20.0 Å². The van der Waals surface area contributed by atoms with Crippen LogP contribution in [0.15, 0.2) is 53.9 Å². The number of para-hydroxylation sites is 1. The number of thiazole rings is 1. The summed E-state index contributed by atoms with van der Waals surface area (Å²) in [6.45, 7) is 0. The molecule has 136 valence electrons. The third-order valence-electron chi connectivity index (χ3n) is 4.61. The Balaban J connectivity index is 1.75. The van der Waals surface area contributed by atoms with E-state index in [1.807, 2.05) is 24.3 Å². The van der Waals surface area contributed by atoms with Crippen LogP contribution >= 0.6 is 11.3 Å². The first-order valence-corrected chi connectivity index (χ1v) is 9.61. The SMILES string of the molecule is COc1ccc(C(CCCc2ccccc2OC)c2csc(N)[nH+]2)cc1. The van der Waals surface area contributed by atoms with Crippen LogP contribution < -0.4 is 20.2 Å². The number of benzene rings is 2. The predicted molar refractivity (Wildman–Crippen MR) is 106 cm³/mol. The van der Waals surface area contributed by atoms with Crippen molar-refractivity contribution in [3.63, 3.8) is 0 Å². The van der Waals surface area contributed by atoms with Crippen molar-refractivity contribution in [2.24, 2.45) is 0 Å². The molecule has 0 fully saturated rings. The Morgan fingerprint density at radius 1 is 1.04 bits per heavy atom. The van der Waals surface area contributed by atoms with E-state index >= 15 is 0 Å². The van der Waals surface area contributed by atoms with E-state index in [1.54, 1.807) is 25.6 Å². The van der Waals surface area contributed by atoms with E-state index in [1.165, 1.54) is 11.1 Å². The first kappa shape index (κ1) is 18.3. The van der Waals surface area contributed by atoms with E-state index in [2.05, 4.69) is 34.6 Å². The van der Waals surface area contributed by atoms with Gasteiger partial charge in [0.1, 0.15) is 17.2 Å². The van der Waals surface area contributed by atoms with Crippen LogP contribution in [0.4, 0.5) is 5.13 Å². The fourth-order valence-electron chi connectivity index (χ4n) is 3.24. The molecule has 3 aromatic rings. The molecule has 3 N–H and O–H groups in total. The van der Waals surface area contributed by atoms with E-state index in [9.17, 15) is 0 Å². The number of rotatable bonds is 8. The highest BCUT2D eigenvalue weighted by molar-refractivity contribution is 7.13. The lowest BCUT2D eigenvalue weighted by Gasteiger charge is -2.15. The standard InChI is InChI=1S/C21H24N2O2S/c1-24-17-12-10-15(11-13-17)18(19-14-26-21(22)23-19)8-5-7-16-6-3-4-9-20(16)25-2/h3-4,6,9-14,18H,5,7-8H2,1-2H3,(H2,22,23)/p+1. The number of hydrogen-bond acceptors (Lipinski definition) is 4. The molecule has 0 aliphatic carbocycles. The number of nitrogen functional groups attached to an aromatic ring is 1. The zero-order chi connectivity index (χ0) is 18.4. The van der Waals surface area contributed by atoms with Crippen molar-refractivity contribution < 1.29 is 14.5 Å². The second-order valence-corrected chi connectivity index (χ2v) is 7.12. The van der Waals surface area contributed by atoms with Crippen molar-refractivity contribution in [3.8, 4) is 11.5 Å². The summed E-state index contributed by atoms with van der Waals surface area (Å²) in [4.78, 5) is 3.31. The summed E-state index contributed by atoms with van der Waals surface area (Å²) in [5, 5.41) is 2.86. The van der Waals surface area contributed by atoms with Gasteiger partial charge >= 0.3 is 5.13 Å². The molecular formula is C21H25N2O2S+. The average molecular weight is 370 g/mol. The largest absolute Gasteiger partial charge is 0.497 e. The molecule has 1 atom stereocenters. The van der Waals surface area contributed by atoms with Crippen LogP contribution in [0.2, 0.25) is 0 Å². The van der Waals surface area contributed by atoms with Crippen LogP contribution in [-0.4, -0.2) is 14.2 Å².